The molecule has 156 valence electrons. The molecule has 0 unspecified atom stereocenters. The minimum absolute atomic E-state index is 0.107. The maximum absolute atomic E-state index is 13.3. The van der Waals surface area contributed by atoms with Gasteiger partial charge in [-0.3, -0.25) is 4.79 Å². The SMILES string of the molecule is CCCc1nnc2n1N[C@@H](c1ccc(C)cc1)[C@@H](C(=O)Nc1ccc(C)c(Cl)c1)S2. The lowest BCUT2D eigenvalue weighted by molar-refractivity contribution is -0.116. The molecule has 0 saturated carbocycles. The summed E-state index contributed by atoms with van der Waals surface area (Å²) in [6.07, 6.45) is 1.79. The van der Waals surface area contributed by atoms with E-state index >= 15 is 0 Å². The fourth-order valence-electron chi connectivity index (χ4n) is 3.39. The highest BCUT2D eigenvalue weighted by atomic mass is 35.5. The van der Waals surface area contributed by atoms with E-state index in [1.165, 1.54) is 17.3 Å². The molecule has 0 radical (unpaired) electrons. The molecule has 1 amide bonds. The van der Waals surface area contributed by atoms with Crippen molar-refractivity contribution in [3.8, 4) is 0 Å². The number of anilines is 1. The van der Waals surface area contributed by atoms with Crippen molar-refractivity contribution in [3.05, 3.63) is 70.0 Å². The second-order valence-corrected chi connectivity index (χ2v) is 9.01. The molecule has 0 aliphatic carbocycles. The third-order valence-corrected chi connectivity index (χ3v) is 6.73. The molecule has 4 rings (SSSR count). The number of thioether (sulfide) groups is 1. The smallest absolute Gasteiger partial charge is 0.240 e. The number of halogens is 1. The van der Waals surface area contributed by atoms with Gasteiger partial charge in [-0.15, -0.1) is 10.2 Å². The van der Waals surface area contributed by atoms with E-state index in [4.69, 9.17) is 11.6 Å². The molecule has 2 heterocycles. The zero-order chi connectivity index (χ0) is 21.3. The molecule has 0 bridgehead atoms. The Bertz CT molecular complexity index is 1070. The number of hydrogen-bond acceptors (Lipinski definition) is 5. The van der Waals surface area contributed by atoms with Gasteiger partial charge in [0.1, 0.15) is 5.25 Å². The minimum Gasteiger partial charge on any atom is -0.325 e. The first kappa shape index (κ1) is 20.8. The largest absolute Gasteiger partial charge is 0.325 e. The average molecular weight is 442 g/mol. The topological polar surface area (TPSA) is 71.8 Å². The van der Waals surface area contributed by atoms with Crippen LogP contribution >= 0.6 is 23.4 Å². The van der Waals surface area contributed by atoms with E-state index in [1.54, 1.807) is 6.07 Å². The van der Waals surface area contributed by atoms with Crippen molar-refractivity contribution in [2.24, 2.45) is 0 Å². The monoisotopic (exact) mass is 441 g/mol. The predicted molar refractivity (Wildman–Crippen MR) is 122 cm³/mol. The number of carbonyl (C=O) groups is 1. The number of amides is 1. The molecule has 2 aromatic carbocycles. The summed E-state index contributed by atoms with van der Waals surface area (Å²) in [5.74, 6) is 0.769. The van der Waals surface area contributed by atoms with Crippen LogP contribution in [-0.4, -0.2) is 26.0 Å². The molecule has 3 aromatic rings. The molecular formula is C22H24ClN5OS. The second kappa shape index (κ2) is 8.70. The Morgan fingerprint density at radius 2 is 1.97 bits per heavy atom. The maximum atomic E-state index is 13.3. The summed E-state index contributed by atoms with van der Waals surface area (Å²) in [5, 5.41) is 12.5. The van der Waals surface area contributed by atoms with E-state index in [1.807, 2.05) is 23.7 Å². The summed E-state index contributed by atoms with van der Waals surface area (Å²) in [4.78, 5) is 13.3. The van der Waals surface area contributed by atoms with Crippen molar-refractivity contribution in [1.29, 1.82) is 0 Å². The van der Waals surface area contributed by atoms with Crippen LogP contribution in [0.2, 0.25) is 5.02 Å². The van der Waals surface area contributed by atoms with Crippen LogP contribution < -0.4 is 10.7 Å². The Balaban J connectivity index is 1.66. The van der Waals surface area contributed by atoms with Crippen LogP contribution in [0.25, 0.3) is 0 Å². The average Bonchev–Trinajstić information content (AvgIpc) is 3.12. The van der Waals surface area contributed by atoms with Gasteiger partial charge >= 0.3 is 0 Å². The highest BCUT2D eigenvalue weighted by Crippen LogP contribution is 2.38. The van der Waals surface area contributed by atoms with Crippen LogP contribution in [0.5, 0.6) is 0 Å². The first-order valence-corrected chi connectivity index (χ1v) is 11.2. The van der Waals surface area contributed by atoms with E-state index in [2.05, 4.69) is 59.1 Å². The molecule has 0 fully saturated rings. The highest BCUT2D eigenvalue weighted by Gasteiger charge is 2.37. The zero-order valence-corrected chi connectivity index (χ0v) is 18.7. The fourth-order valence-corrected chi connectivity index (χ4v) is 4.67. The van der Waals surface area contributed by atoms with Gasteiger partial charge in [-0.05, 0) is 43.5 Å². The second-order valence-electron chi connectivity index (χ2n) is 7.49. The van der Waals surface area contributed by atoms with Crippen LogP contribution in [0, 0.1) is 13.8 Å². The summed E-state index contributed by atoms with van der Waals surface area (Å²) >= 11 is 7.66. The van der Waals surface area contributed by atoms with Crippen molar-refractivity contribution in [2.45, 2.75) is 50.1 Å². The van der Waals surface area contributed by atoms with Crippen molar-refractivity contribution in [1.82, 2.24) is 14.9 Å². The molecule has 0 saturated heterocycles. The van der Waals surface area contributed by atoms with Gasteiger partial charge in [0.2, 0.25) is 11.1 Å². The fraction of sp³-hybridized carbons (Fsp3) is 0.318. The summed E-state index contributed by atoms with van der Waals surface area (Å²) in [7, 11) is 0. The third kappa shape index (κ3) is 4.18. The standard InChI is InChI=1S/C22H24ClN5OS/c1-4-5-18-25-26-22-28(18)27-19(15-9-6-13(2)7-10-15)20(30-22)21(29)24-16-11-8-14(3)17(23)12-16/h6-12,19-20,27H,4-5H2,1-3H3,(H,24,29)/t19-,20-/m0/s1. The molecule has 2 atom stereocenters. The van der Waals surface area contributed by atoms with Gasteiger partial charge in [0.25, 0.3) is 0 Å². The number of carbonyl (C=O) groups excluding carboxylic acids is 1. The molecule has 2 N–H and O–H groups in total. The molecule has 1 aliphatic rings. The molecule has 0 spiro atoms. The van der Waals surface area contributed by atoms with Crippen LogP contribution in [-0.2, 0) is 11.2 Å². The van der Waals surface area contributed by atoms with Gasteiger partial charge in [0.15, 0.2) is 5.82 Å². The molecule has 8 heteroatoms. The molecule has 1 aliphatic heterocycles. The normalized spacial score (nSPS) is 17.9. The lowest BCUT2D eigenvalue weighted by Crippen LogP contribution is -2.41. The van der Waals surface area contributed by atoms with E-state index < -0.39 is 5.25 Å². The van der Waals surface area contributed by atoms with Crippen LogP contribution in [0.15, 0.2) is 47.6 Å². The molecule has 1 aromatic heterocycles. The number of fused-ring (bicyclic) bond motifs is 1. The Morgan fingerprint density at radius 3 is 2.67 bits per heavy atom. The van der Waals surface area contributed by atoms with E-state index in [0.29, 0.717) is 15.9 Å². The molecule has 6 nitrogen and oxygen atoms in total. The van der Waals surface area contributed by atoms with Crippen LogP contribution in [0.4, 0.5) is 5.69 Å². The first-order chi connectivity index (χ1) is 14.5. The van der Waals surface area contributed by atoms with Crippen molar-refractivity contribution in [3.63, 3.8) is 0 Å². The number of nitrogens with zero attached hydrogens (tertiary/aromatic N) is 3. The van der Waals surface area contributed by atoms with Gasteiger partial charge in [-0.1, -0.05) is 66.2 Å². The summed E-state index contributed by atoms with van der Waals surface area (Å²) in [6.45, 7) is 6.09. The number of aromatic nitrogens is 3. The minimum atomic E-state index is -0.418. The Morgan fingerprint density at radius 1 is 1.20 bits per heavy atom. The summed E-state index contributed by atoms with van der Waals surface area (Å²) in [6, 6.07) is 13.6. The maximum Gasteiger partial charge on any atom is 0.240 e. The van der Waals surface area contributed by atoms with Gasteiger partial charge in [0.05, 0.1) is 6.04 Å². The van der Waals surface area contributed by atoms with Crippen molar-refractivity contribution in [2.75, 3.05) is 10.7 Å². The molecular weight excluding hydrogens is 418 g/mol. The lowest BCUT2D eigenvalue weighted by atomic mass is 10.0. The van der Waals surface area contributed by atoms with E-state index in [-0.39, 0.29) is 11.9 Å². The highest BCUT2D eigenvalue weighted by molar-refractivity contribution is 8.00. The molecule has 30 heavy (non-hydrogen) atoms. The quantitative estimate of drug-likeness (QED) is 0.589. The van der Waals surface area contributed by atoms with Gasteiger partial charge < -0.3 is 10.7 Å². The van der Waals surface area contributed by atoms with Crippen LogP contribution in [0.3, 0.4) is 0 Å². The summed E-state index contributed by atoms with van der Waals surface area (Å²) < 4.78 is 1.92. The Kier molecular flexibility index (Phi) is 6.01. The van der Waals surface area contributed by atoms with Gasteiger partial charge in [-0.2, -0.15) is 0 Å². The first-order valence-electron chi connectivity index (χ1n) is 9.97. The number of nitrogens with one attached hydrogen (secondary N) is 2. The van der Waals surface area contributed by atoms with E-state index in [9.17, 15) is 4.79 Å². The number of rotatable bonds is 5. The van der Waals surface area contributed by atoms with Gasteiger partial charge in [0, 0.05) is 17.1 Å². The summed E-state index contributed by atoms with van der Waals surface area (Å²) in [5.41, 5.74) is 7.35. The Hall–Kier alpha value is -2.51. The predicted octanol–water partition coefficient (Wildman–Crippen LogP) is 4.90. The van der Waals surface area contributed by atoms with Crippen molar-refractivity contribution >= 4 is 35.0 Å². The number of hydrogen-bond donors (Lipinski definition) is 2. The van der Waals surface area contributed by atoms with Crippen LogP contribution in [0.1, 0.15) is 41.9 Å². The number of aryl methyl sites for hydroxylation is 3. The zero-order valence-electron chi connectivity index (χ0n) is 17.1. The lowest BCUT2D eigenvalue weighted by Gasteiger charge is -2.33. The Labute approximate surface area is 185 Å². The number of benzene rings is 2. The van der Waals surface area contributed by atoms with Gasteiger partial charge in [-0.25, -0.2) is 4.68 Å². The van der Waals surface area contributed by atoms with Crippen molar-refractivity contribution < 1.29 is 4.79 Å². The third-order valence-electron chi connectivity index (χ3n) is 5.11. The van der Waals surface area contributed by atoms with E-state index in [0.717, 1.165) is 29.8 Å².